The first-order valence-electron chi connectivity index (χ1n) is 10.9. The molecule has 1 N–H and O–H groups in total. The largest absolute Gasteiger partial charge is 0.341 e. The molecule has 0 unspecified atom stereocenters. The summed E-state index contributed by atoms with van der Waals surface area (Å²) in [4.78, 5) is 43.2. The minimum absolute atomic E-state index is 0.0105. The number of carbonyl (C=O) groups is 3. The van der Waals surface area contributed by atoms with Gasteiger partial charge in [-0.15, -0.1) is 0 Å². The van der Waals surface area contributed by atoms with Crippen molar-refractivity contribution in [2.75, 3.05) is 32.7 Å². The molecule has 30 heavy (non-hydrogen) atoms. The molecule has 3 fully saturated rings. The van der Waals surface area contributed by atoms with E-state index in [4.69, 9.17) is 11.6 Å². The van der Waals surface area contributed by atoms with Gasteiger partial charge in [-0.2, -0.15) is 0 Å². The zero-order chi connectivity index (χ0) is 21.1. The number of hydrogen-bond donors (Lipinski definition) is 1. The average Bonchev–Trinajstić information content (AvgIpc) is 3.19. The molecule has 7 nitrogen and oxygen atoms in total. The van der Waals surface area contributed by atoms with Crippen LogP contribution in [0.5, 0.6) is 0 Å². The summed E-state index contributed by atoms with van der Waals surface area (Å²) in [5.41, 5.74) is 0.504. The van der Waals surface area contributed by atoms with Gasteiger partial charge in [0.1, 0.15) is 5.54 Å². The lowest BCUT2D eigenvalue weighted by molar-refractivity contribution is -0.133. The summed E-state index contributed by atoms with van der Waals surface area (Å²) in [6.07, 6.45) is 4.42. The number of hydrogen-bond acceptors (Lipinski definition) is 4. The van der Waals surface area contributed by atoms with Gasteiger partial charge >= 0.3 is 6.03 Å². The van der Waals surface area contributed by atoms with Crippen LogP contribution in [0.2, 0.25) is 5.02 Å². The summed E-state index contributed by atoms with van der Waals surface area (Å²) < 4.78 is 0. The van der Waals surface area contributed by atoms with Crippen molar-refractivity contribution in [1.29, 1.82) is 0 Å². The first kappa shape index (κ1) is 21.1. The highest BCUT2D eigenvalue weighted by Crippen LogP contribution is 2.35. The van der Waals surface area contributed by atoms with Crippen molar-refractivity contribution in [2.45, 2.75) is 50.6 Å². The molecule has 0 radical (unpaired) electrons. The Morgan fingerprint density at radius 3 is 2.47 bits per heavy atom. The average molecular weight is 433 g/mol. The van der Waals surface area contributed by atoms with E-state index in [0.29, 0.717) is 25.9 Å². The second-order valence-corrected chi connectivity index (χ2v) is 9.00. The predicted molar refractivity (Wildman–Crippen MR) is 114 cm³/mol. The highest BCUT2D eigenvalue weighted by molar-refractivity contribution is 6.30. The Balaban J connectivity index is 1.26. The van der Waals surface area contributed by atoms with Crippen molar-refractivity contribution in [3.8, 4) is 0 Å². The van der Waals surface area contributed by atoms with Crippen molar-refractivity contribution >= 4 is 29.4 Å². The predicted octanol–water partition coefficient (Wildman–Crippen LogP) is 2.63. The maximum Gasteiger partial charge on any atom is 0.325 e. The fraction of sp³-hybridized carbons (Fsp3) is 0.591. The second kappa shape index (κ2) is 8.94. The van der Waals surface area contributed by atoms with Gasteiger partial charge < -0.3 is 10.2 Å². The summed E-state index contributed by atoms with van der Waals surface area (Å²) in [6.45, 7) is 4.11. The Morgan fingerprint density at radius 2 is 1.73 bits per heavy atom. The highest BCUT2D eigenvalue weighted by atomic mass is 35.5. The van der Waals surface area contributed by atoms with E-state index in [1.54, 1.807) is 0 Å². The Bertz CT molecular complexity index is 807. The summed E-state index contributed by atoms with van der Waals surface area (Å²) in [6, 6.07) is 7.52. The van der Waals surface area contributed by atoms with Crippen molar-refractivity contribution in [1.82, 2.24) is 20.0 Å². The third-order valence-electron chi connectivity index (χ3n) is 6.51. The summed E-state index contributed by atoms with van der Waals surface area (Å²) in [7, 11) is 0. The van der Waals surface area contributed by atoms with Gasteiger partial charge in [-0.05, 0) is 37.0 Å². The molecule has 1 spiro atoms. The van der Waals surface area contributed by atoms with E-state index in [2.05, 4.69) is 10.2 Å². The quantitative estimate of drug-likeness (QED) is 0.726. The molecule has 4 rings (SSSR count). The Hall–Kier alpha value is -2.12. The van der Waals surface area contributed by atoms with E-state index in [1.165, 1.54) is 10.5 Å². The minimum Gasteiger partial charge on any atom is -0.341 e. The first-order chi connectivity index (χ1) is 14.5. The number of imide groups is 1. The number of nitrogens with one attached hydrogen (secondary N) is 1. The van der Waals surface area contributed by atoms with Crippen LogP contribution < -0.4 is 5.32 Å². The molecule has 1 saturated carbocycles. The van der Waals surface area contributed by atoms with Gasteiger partial charge in [0.2, 0.25) is 5.91 Å². The number of nitrogens with zero attached hydrogens (tertiary/aromatic N) is 3. The Kier molecular flexibility index (Phi) is 6.29. The second-order valence-electron chi connectivity index (χ2n) is 8.56. The van der Waals surface area contributed by atoms with Gasteiger partial charge in [0.15, 0.2) is 0 Å². The molecule has 2 saturated heterocycles. The number of carbonyl (C=O) groups excluding carboxylic acids is 3. The van der Waals surface area contributed by atoms with E-state index in [0.717, 1.165) is 43.9 Å². The zero-order valence-corrected chi connectivity index (χ0v) is 18.0. The van der Waals surface area contributed by atoms with Gasteiger partial charge in [-0.3, -0.25) is 19.4 Å². The van der Waals surface area contributed by atoms with Crippen LogP contribution >= 0.6 is 11.6 Å². The Labute approximate surface area is 182 Å². The van der Waals surface area contributed by atoms with Crippen molar-refractivity contribution in [3.05, 3.63) is 34.9 Å². The lowest BCUT2D eigenvalue weighted by Crippen LogP contribution is -2.44. The lowest BCUT2D eigenvalue weighted by atomic mass is 9.98. The topological polar surface area (TPSA) is 73.0 Å². The van der Waals surface area contributed by atoms with Crippen LogP contribution in [0.25, 0.3) is 0 Å². The molecule has 0 bridgehead atoms. The molecule has 2 aliphatic heterocycles. The van der Waals surface area contributed by atoms with Gasteiger partial charge in [0.05, 0.1) is 0 Å². The van der Waals surface area contributed by atoms with E-state index in [-0.39, 0.29) is 30.8 Å². The summed E-state index contributed by atoms with van der Waals surface area (Å²) in [5, 5.41) is 3.60. The SMILES string of the molecule is O=C(CCN1C(=O)NC2(CCCC2)C1=O)N1CCCN(Cc2ccc(Cl)cc2)CC1. The van der Waals surface area contributed by atoms with Gasteiger partial charge in [-0.25, -0.2) is 4.79 Å². The maximum absolute atomic E-state index is 12.8. The molecule has 0 atom stereocenters. The molecule has 1 aromatic rings. The zero-order valence-electron chi connectivity index (χ0n) is 17.2. The van der Waals surface area contributed by atoms with E-state index < -0.39 is 5.54 Å². The van der Waals surface area contributed by atoms with E-state index in [9.17, 15) is 14.4 Å². The molecule has 0 aromatic heterocycles. The fourth-order valence-corrected chi connectivity index (χ4v) is 4.91. The van der Waals surface area contributed by atoms with Gasteiger partial charge in [-0.1, -0.05) is 36.6 Å². The smallest absolute Gasteiger partial charge is 0.325 e. The first-order valence-corrected chi connectivity index (χ1v) is 11.2. The molecular weight excluding hydrogens is 404 g/mol. The maximum atomic E-state index is 12.8. The Morgan fingerprint density at radius 1 is 1.00 bits per heavy atom. The van der Waals surface area contributed by atoms with Crippen molar-refractivity contribution in [3.63, 3.8) is 0 Å². The van der Waals surface area contributed by atoms with Gasteiger partial charge in [0.25, 0.3) is 5.91 Å². The molecule has 162 valence electrons. The number of rotatable bonds is 5. The van der Waals surface area contributed by atoms with Crippen LogP contribution in [0.1, 0.15) is 44.1 Å². The summed E-state index contributed by atoms with van der Waals surface area (Å²) in [5.74, 6) is -0.140. The van der Waals surface area contributed by atoms with Crippen molar-refractivity contribution < 1.29 is 14.4 Å². The fourth-order valence-electron chi connectivity index (χ4n) is 4.79. The molecule has 3 aliphatic rings. The van der Waals surface area contributed by atoms with Crippen LogP contribution in [0.3, 0.4) is 0 Å². The van der Waals surface area contributed by atoms with E-state index in [1.807, 2.05) is 29.2 Å². The van der Waals surface area contributed by atoms with E-state index >= 15 is 0 Å². The number of urea groups is 1. The third kappa shape index (κ3) is 4.47. The minimum atomic E-state index is -0.703. The highest BCUT2D eigenvalue weighted by Gasteiger charge is 2.52. The van der Waals surface area contributed by atoms with Crippen LogP contribution in [-0.4, -0.2) is 70.8 Å². The molecule has 1 aliphatic carbocycles. The van der Waals surface area contributed by atoms with Crippen LogP contribution in [-0.2, 0) is 16.1 Å². The standard InChI is InChI=1S/C22H29ClN4O3/c23-18-6-4-17(5-7-18)16-25-11-3-12-26(15-14-25)19(28)8-13-27-20(29)22(24-21(27)30)9-1-2-10-22/h4-7H,1-3,8-16H2,(H,24,30). The lowest BCUT2D eigenvalue weighted by Gasteiger charge is -2.23. The molecule has 1 aromatic carbocycles. The number of halogens is 1. The van der Waals surface area contributed by atoms with Crippen LogP contribution in [0, 0.1) is 0 Å². The third-order valence-corrected chi connectivity index (χ3v) is 6.76. The van der Waals surface area contributed by atoms with Crippen LogP contribution in [0.4, 0.5) is 4.79 Å². The molecule has 4 amide bonds. The molecular formula is C22H29ClN4O3. The normalized spacial score (nSPS) is 21.9. The van der Waals surface area contributed by atoms with Crippen molar-refractivity contribution in [2.24, 2.45) is 0 Å². The van der Waals surface area contributed by atoms with Crippen LogP contribution in [0.15, 0.2) is 24.3 Å². The monoisotopic (exact) mass is 432 g/mol. The number of benzene rings is 1. The molecule has 8 heteroatoms. The molecule has 2 heterocycles. The van der Waals surface area contributed by atoms with Gasteiger partial charge in [0, 0.05) is 50.7 Å². The number of amides is 4. The summed E-state index contributed by atoms with van der Waals surface area (Å²) >= 11 is 5.96.